The van der Waals surface area contributed by atoms with Crippen LogP contribution >= 0.6 is 0 Å². The summed E-state index contributed by atoms with van der Waals surface area (Å²) in [6.07, 6.45) is 1.84. The Kier molecular flexibility index (Phi) is 1.73. The molecule has 0 saturated carbocycles. The summed E-state index contributed by atoms with van der Waals surface area (Å²) in [5.41, 5.74) is 1.08. The zero-order valence-corrected chi connectivity index (χ0v) is 6.99. The molecule has 0 N–H and O–H groups in total. The molecule has 1 saturated heterocycles. The van der Waals surface area contributed by atoms with Crippen molar-refractivity contribution >= 4 is 0 Å². The first kappa shape index (κ1) is 7.55. The molecule has 1 aliphatic heterocycles. The first-order chi connectivity index (χ1) is 5.77. The van der Waals surface area contributed by atoms with E-state index in [9.17, 15) is 4.79 Å². The summed E-state index contributed by atoms with van der Waals surface area (Å²) < 4.78 is 6.75. The minimum atomic E-state index is 0.0725. The second-order valence-electron chi connectivity index (χ2n) is 3.14. The summed E-state index contributed by atoms with van der Waals surface area (Å²) in [5.74, 6) is 0. The fourth-order valence-electron chi connectivity index (χ4n) is 1.27. The van der Waals surface area contributed by atoms with E-state index in [1.807, 2.05) is 19.2 Å². The van der Waals surface area contributed by atoms with Gasteiger partial charge in [-0.25, -0.2) is 0 Å². The molecule has 2 heterocycles. The lowest BCUT2D eigenvalue weighted by Crippen LogP contribution is -2.36. The van der Waals surface area contributed by atoms with Crippen molar-refractivity contribution in [2.75, 3.05) is 13.2 Å². The molecule has 0 amide bonds. The number of aromatic nitrogens is 1. The van der Waals surface area contributed by atoms with Gasteiger partial charge in [0.25, 0.3) is 5.56 Å². The summed E-state index contributed by atoms with van der Waals surface area (Å²) in [6.45, 7) is 3.26. The van der Waals surface area contributed by atoms with Crippen LogP contribution in [-0.2, 0) is 4.74 Å². The minimum absolute atomic E-state index is 0.0725. The fraction of sp³-hybridized carbons (Fsp3) is 0.444. The minimum Gasteiger partial charge on any atom is -0.377 e. The Labute approximate surface area is 70.6 Å². The van der Waals surface area contributed by atoms with Crippen molar-refractivity contribution in [2.24, 2.45) is 0 Å². The summed E-state index contributed by atoms with van der Waals surface area (Å²) in [4.78, 5) is 11.4. The van der Waals surface area contributed by atoms with E-state index in [4.69, 9.17) is 4.74 Å². The Morgan fingerprint density at radius 1 is 1.58 bits per heavy atom. The lowest BCUT2D eigenvalue weighted by atomic mass is 10.2. The molecule has 2 rings (SSSR count). The van der Waals surface area contributed by atoms with Crippen LogP contribution in [0.2, 0.25) is 0 Å². The predicted octanol–water partition coefficient (Wildman–Crippen LogP) is 0.728. The molecule has 3 nitrogen and oxygen atoms in total. The third-order valence-electron chi connectivity index (χ3n) is 2.12. The van der Waals surface area contributed by atoms with E-state index in [1.54, 1.807) is 10.6 Å². The second-order valence-corrected chi connectivity index (χ2v) is 3.14. The van der Waals surface area contributed by atoms with Crippen LogP contribution in [-0.4, -0.2) is 17.8 Å². The highest BCUT2D eigenvalue weighted by Gasteiger charge is 2.20. The number of ether oxygens (including phenoxy) is 1. The third kappa shape index (κ3) is 1.16. The lowest BCUT2D eigenvalue weighted by molar-refractivity contribution is -0.0248. The van der Waals surface area contributed by atoms with Crippen molar-refractivity contribution in [2.45, 2.75) is 13.0 Å². The van der Waals surface area contributed by atoms with E-state index in [0.717, 1.165) is 5.56 Å². The highest BCUT2D eigenvalue weighted by molar-refractivity contribution is 5.09. The molecular formula is C9H11NO2. The normalized spacial score (nSPS) is 17.4. The molecule has 1 aliphatic rings. The van der Waals surface area contributed by atoms with Gasteiger partial charge in [0.1, 0.15) is 0 Å². The fourth-order valence-corrected chi connectivity index (χ4v) is 1.27. The summed E-state index contributed by atoms with van der Waals surface area (Å²) in [5, 5.41) is 0. The zero-order chi connectivity index (χ0) is 8.55. The van der Waals surface area contributed by atoms with Crippen molar-refractivity contribution in [3.63, 3.8) is 0 Å². The van der Waals surface area contributed by atoms with Gasteiger partial charge in [0.05, 0.1) is 19.3 Å². The van der Waals surface area contributed by atoms with Gasteiger partial charge in [-0.3, -0.25) is 4.79 Å². The number of rotatable bonds is 1. The Morgan fingerprint density at radius 2 is 2.33 bits per heavy atom. The van der Waals surface area contributed by atoms with E-state index in [1.165, 1.54) is 0 Å². The Hall–Kier alpha value is -1.09. The van der Waals surface area contributed by atoms with Crippen LogP contribution in [0.5, 0.6) is 0 Å². The van der Waals surface area contributed by atoms with Crippen LogP contribution in [0.3, 0.4) is 0 Å². The highest BCUT2D eigenvalue weighted by Crippen LogP contribution is 2.14. The molecule has 3 heteroatoms. The van der Waals surface area contributed by atoms with Gasteiger partial charge in [0.15, 0.2) is 0 Å². The number of hydrogen-bond acceptors (Lipinski definition) is 2. The Balaban J connectivity index is 2.37. The van der Waals surface area contributed by atoms with Gasteiger partial charge >= 0.3 is 0 Å². The molecular weight excluding hydrogens is 154 g/mol. The number of aryl methyl sites for hydroxylation is 1. The molecule has 1 aromatic rings. The number of hydrogen-bond donors (Lipinski definition) is 0. The van der Waals surface area contributed by atoms with Crippen LogP contribution in [0, 0.1) is 6.92 Å². The molecule has 1 aromatic heterocycles. The summed E-state index contributed by atoms with van der Waals surface area (Å²) >= 11 is 0. The molecule has 0 spiro atoms. The maximum Gasteiger partial charge on any atom is 0.251 e. The molecule has 0 atom stereocenters. The van der Waals surface area contributed by atoms with E-state index in [2.05, 4.69) is 0 Å². The molecule has 1 fully saturated rings. The van der Waals surface area contributed by atoms with Crippen LogP contribution in [0.4, 0.5) is 0 Å². The molecule has 0 aliphatic carbocycles. The van der Waals surface area contributed by atoms with Gasteiger partial charge in [-0.15, -0.1) is 0 Å². The molecule has 64 valence electrons. The summed E-state index contributed by atoms with van der Waals surface area (Å²) in [6, 6.07) is 3.86. The smallest absolute Gasteiger partial charge is 0.251 e. The van der Waals surface area contributed by atoms with Crippen molar-refractivity contribution in [3.8, 4) is 0 Å². The molecule has 12 heavy (non-hydrogen) atoms. The SMILES string of the molecule is Cc1ccn(C2COC2)c(=O)c1. The first-order valence-electron chi connectivity index (χ1n) is 4.04. The van der Waals surface area contributed by atoms with Crippen LogP contribution in [0.1, 0.15) is 11.6 Å². The number of nitrogens with zero attached hydrogens (tertiary/aromatic N) is 1. The average Bonchev–Trinajstić information content (AvgIpc) is 1.91. The Bertz CT molecular complexity index is 339. The van der Waals surface area contributed by atoms with Gasteiger partial charge < -0.3 is 9.30 Å². The van der Waals surface area contributed by atoms with Crippen molar-refractivity contribution < 1.29 is 4.74 Å². The van der Waals surface area contributed by atoms with Crippen LogP contribution in [0.25, 0.3) is 0 Å². The van der Waals surface area contributed by atoms with E-state index in [-0.39, 0.29) is 11.6 Å². The number of pyridine rings is 1. The van der Waals surface area contributed by atoms with Crippen LogP contribution in [0.15, 0.2) is 23.1 Å². The van der Waals surface area contributed by atoms with E-state index < -0.39 is 0 Å². The van der Waals surface area contributed by atoms with Gasteiger partial charge in [-0.1, -0.05) is 0 Å². The van der Waals surface area contributed by atoms with E-state index in [0.29, 0.717) is 13.2 Å². The maximum absolute atomic E-state index is 11.4. The largest absolute Gasteiger partial charge is 0.377 e. The first-order valence-corrected chi connectivity index (χ1v) is 4.04. The van der Waals surface area contributed by atoms with Gasteiger partial charge in [-0.2, -0.15) is 0 Å². The monoisotopic (exact) mass is 165 g/mol. The average molecular weight is 165 g/mol. The molecule has 0 radical (unpaired) electrons. The molecule has 0 bridgehead atoms. The quantitative estimate of drug-likeness (QED) is 0.614. The predicted molar refractivity (Wildman–Crippen MR) is 45.3 cm³/mol. The van der Waals surface area contributed by atoms with Crippen molar-refractivity contribution in [1.82, 2.24) is 4.57 Å². The van der Waals surface area contributed by atoms with Gasteiger partial charge in [-0.05, 0) is 18.6 Å². The molecule has 0 unspecified atom stereocenters. The Morgan fingerprint density at radius 3 is 2.83 bits per heavy atom. The van der Waals surface area contributed by atoms with Gasteiger partial charge in [0, 0.05) is 12.3 Å². The topological polar surface area (TPSA) is 31.2 Å². The second kappa shape index (κ2) is 2.75. The lowest BCUT2D eigenvalue weighted by Gasteiger charge is -2.27. The zero-order valence-electron chi connectivity index (χ0n) is 6.99. The standard InChI is InChI=1S/C9H11NO2/c1-7-2-3-10(9(11)4-7)8-5-12-6-8/h2-4,8H,5-6H2,1H3. The van der Waals surface area contributed by atoms with E-state index >= 15 is 0 Å². The highest BCUT2D eigenvalue weighted by atomic mass is 16.5. The van der Waals surface area contributed by atoms with Gasteiger partial charge in [0.2, 0.25) is 0 Å². The third-order valence-corrected chi connectivity index (χ3v) is 2.12. The maximum atomic E-state index is 11.4. The van der Waals surface area contributed by atoms with Crippen molar-refractivity contribution in [3.05, 3.63) is 34.2 Å². The van der Waals surface area contributed by atoms with Crippen molar-refractivity contribution in [1.29, 1.82) is 0 Å². The van der Waals surface area contributed by atoms with Crippen LogP contribution < -0.4 is 5.56 Å². The summed E-state index contributed by atoms with van der Waals surface area (Å²) in [7, 11) is 0. The molecule has 0 aromatic carbocycles.